The summed E-state index contributed by atoms with van der Waals surface area (Å²) < 4.78 is 11.1. The summed E-state index contributed by atoms with van der Waals surface area (Å²) in [6.45, 7) is 3.39. The summed E-state index contributed by atoms with van der Waals surface area (Å²) in [5.41, 5.74) is 0.776. The van der Waals surface area contributed by atoms with Gasteiger partial charge in [0.05, 0.1) is 0 Å². The average molecular weight is 288 g/mol. The van der Waals surface area contributed by atoms with Gasteiger partial charge in [-0.15, -0.1) is 0 Å². The lowest BCUT2D eigenvalue weighted by atomic mass is 9.77. The molecule has 1 aliphatic carbocycles. The summed E-state index contributed by atoms with van der Waals surface area (Å²) in [5.74, 6) is 2.78. The summed E-state index contributed by atoms with van der Waals surface area (Å²) in [4.78, 5) is 12.7. The van der Waals surface area contributed by atoms with Gasteiger partial charge in [0.1, 0.15) is 13.2 Å². The van der Waals surface area contributed by atoms with Gasteiger partial charge in [0.15, 0.2) is 17.3 Å². The van der Waals surface area contributed by atoms with Crippen molar-refractivity contribution in [2.45, 2.75) is 45.4 Å². The van der Waals surface area contributed by atoms with Gasteiger partial charge < -0.3 is 9.47 Å². The van der Waals surface area contributed by atoms with E-state index in [1.807, 2.05) is 18.2 Å². The Hall–Kier alpha value is -1.51. The van der Waals surface area contributed by atoms with E-state index in [2.05, 4.69) is 6.92 Å². The Balaban J connectivity index is 1.66. The fourth-order valence-electron chi connectivity index (χ4n) is 3.55. The van der Waals surface area contributed by atoms with Crippen LogP contribution in [-0.4, -0.2) is 19.0 Å². The Labute approximate surface area is 126 Å². The maximum absolute atomic E-state index is 12.7. The summed E-state index contributed by atoms with van der Waals surface area (Å²) in [6, 6.07) is 5.60. The van der Waals surface area contributed by atoms with Gasteiger partial charge in [0.2, 0.25) is 0 Å². The van der Waals surface area contributed by atoms with Crippen molar-refractivity contribution in [3.05, 3.63) is 23.8 Å². The van der Waals surface area contributed by atoms with Crippen LogP contribution in [0.2, 0.25) is 0 Å². The molecule has 1 aromatic carbocycles. The first-order valence-electron chi connectivity index (χ1n) is 8.21. The van der Waals surface area contributed by atoms with Crippen molar-refractivity contribution >= 4 is 5.78 Å². The number of carbonyl (C=O) groups excluding carboxylic acids is 1. The first-order valence-corrected chi connectivity index (χ1v) is 8.21. The molecule has 0 amide bonds. The number of hydrogen-bond donors (Lipinski definition) is 0. The molecular formula is C18H24O3. The molecule has 1 aliphatic heterocycles. The van der Waals surface area contributed by atoms with E-state index in [-0.39, 0.29) is 11.7 Å². The molecule has 1 aromatic rings. The van der Waals surface area contributed by atoms with Crippen molar-refractivity contribution in [3.8, 4) is 11.5 Å². The SMILES string of the molecule is CCCC1CCC(C(=O)c2ccc3c(c2)OCCO3)CC1. The van der Waals surface area contributed by atoms with E-state index >= 15 is 0 Å². The lowest BCUT2D eigenvalue weighted by Crippen LogP contribution is -2.22. The van der Waals surface area contributed by atoms with Crippen LogP contribution in [0.15, 0.2) is 18.2 Å². The lowest BCUT2D eigenvalue weighted by Gasteiger charge is -2.27. The molecule has 114 valence electrons. The highest BCUT2D eigenvalue weighted by atomic mass is 16.6. The van der Waals surface area contributed by atoms with Gasteiger partial charge in [-0.05, 0) is 49.8 Å². The molecule has 0 bridgehead atoms. The molecule has 0 spiro atoms. The van der Waals surface area contributed by atoms with Crippen LogP contribution in [0.3, 0.4) is 0 Å². The Morgan fingerprint density at radius 3 is 2.52 bits per heavy atom. The van der Waals surface area contributed by atoms with Crippen LogP contribution in [-0.2, 0) is 0 Å². The smallest absolute Gasteiger partial charge is 0.166 e. The molecule has 1 heterocycles. The molecule has 0 saturated heterocycles. The molecule has 0 N–H and O–H groups in total. The third-order valence-corrected chi connectivity index (χ3v) is 4.74. The van der Waals surface area contributed by atoms with Crippen LogP contribution in [0.1, 0.15) is 55.8 Å². The molecule has 1 saturated carbocycles. The van der Waals surface area contributed by atoms with E-state index < -0.39 is 0 Å². The second-order valence-corrected chi connectivity index (χ2v) is 6.23. The van der Waals surface area contributed by atoms with Crippen molar-refractivity contribution < 1.29 is 14.3 Å². The summed E-state index contributed by atoms with van der Waals surface area (Å²) >= 11 is 0. The molecule has 3 heteroatoms. The minimum absolute atomic E-state index is 0.195. The zero-order chi connectivity index (χ0) is 14.7. The maximum atomic E-state index is 12.7. The van der Waals surface area contributed by atoms with E-state index in [4.69, 9.17) is 9.47 Å². The zero-order valence-electron chi connectivity index (χ0n) is 12.8. The molecule has 0 unspecified atom stereocenters. The largest absolute Gasteiger partial charge is 0.486 e. The van der Waals surface area contributed by atoms with E-state index in [9.17, 15) is 4.79 Å². The first kappa shape index (κ1) is 14.4. The van der Waals surface area contributed by atoms with Crippen molar-refractivity contribution in [1.82, 2.24) is 0 Å². The number of rotatable bonds is 4. The highest BCUT2D eigenvalue weighted by Gasteiger charge is 2.27. The Morgan fingerprint density at radius 2 is 1.81 bits per heavy atom. The monoisotopic (exact) mass is 288 g/mol. The summed E-state index contributed by atoms with van der Waals surface area (Å²) in [7, 11) is 0. The van der Waals surface area contributed by atoms with Crippen LogP contribution in [0.4, 0.5) is 0 Å². The van der Waals surface area contributed by atoms with Gasteiger partial charge in [0, 0.05) is 11.5 Å². The fraction of sp³-hybridized carbons (Fsp3) is 0.611. The number of ketones is 1. The van der Waals surface area contributed by atoms with Crippen LogP contribution in [0, 0.1) is 11.8 Å². The van der Waals surface area contributed by atoms with E-state index in [0.29, 0.717) is 19.0 Å². The number of Topliss-reactive ketones (excluding diaryl/α,β-unsaturated/α-hetero) is 1. The quantitative estimate of drug-likeness (QED) is 0.777. The van der Waals surface area contributed by atoms with E-state index in [0.717, 1.165) is 30.1 Å². The van der Waals surface area contributed by atoms with Crippen LogP contribution in [0.5, 0.6) is 11.5 Å². The zero-order valence-corrected chi connectivity index (χ0v) is 12.8. The molecule has 3 rings (SSSR count). The summed E-state index contributed by atoms with van der Waals surface area (Å²) in [5, 5.41) is 0. The molecule has 21 heavy (non-hydrogen) atoms. The third kappa shape index (κ3) is 3.22. The van der Waals surface area contributed by atoms with Crippen molar-refractivity contribution in [3.63, 3.8) is 0 Å². The predicted molar refractivity (Wildman–Crippen MR) is 82.1 cm³/mol. The lowest BCUT2D eigenvalue weighted by molar-refractivity contribution is 0.0868. The average Bonchev–Trinajstić information content (AvgIpc) is 2.55. The van der Waals surface area contributed by atoms with Gasteiger partial charge >= 0.3 is 0 Å². The number of carbonyl (C=O) groups is 1. The Morgan fingerprint density at radius 1 is 1.10 bits per heavy atom. The summed E-state index contributed by atoms with van der Waals surface area (Å²) in [6.07, 6.45) is 7.05. The molecule has 0 radical (unpaired) electrons. The number of fused-ring (bicyclic) bond motifs is 1. The normalized spacial score (nSPS) is 24.6. The topological polar surface area (TPSA) is 35.5 Å². The van der Waals surface area contributed by atoms with Gasteiger partial charge in [-0.1, -0.05) is 19.8 Å². The van der Waals surface area contributed by atoms with Gasteiger partial charge in [-0.25, -0.2) is 0 Å². The molecular weight excluding hydrogens is 264 g/mol. The second kappa shape index (κ2) is 6.50. The molecule has 3 nitrogen and oxygen atoms in total. The molecule has 1 fully saturated rings. The van der Waals surface area contributed by atoms with Crippen LogP contribution >= 0.6 is 0 Å². The number of ether oxygens (including phenoxy) is 2. The van der Waals surface area contributed by atoms with Crippen LogP contribution in [0.25, 0.3) is 0 Å². The first-order chi connectivity index (χ1) is 10.3. The molecule has 0 atom stereocenters. The highest BCUT2D eigenvalue weighted by Crippen LogP contribution is 2.36. The minimum atomic E-state index is 0.195. The molecule has 0 aromatic heterocycles. The third-order valence-electron chi connectivity index (χ3n) is 4.74. The molecule has 2 aliphatic rings. The second-order valence-electron chi connectivity index (χ2n) is 6.23. The van der Waals surface area contributed by atoms with E-state index in [1.165, 1.54) is 25.7 Å². The van der Waals surface area contributed by atoms with Crippen molar-refractivity contribution in [2.24, 2.45) is 11.8 Å². The van der Waals surface area contributed by atoms with Crippen LogP contribution < -0.4 is 9.47 Å². The highest BCUT2D eigenvalue weighted by molar-refractivity contribution is 5.98. The van der Waals surface area contributed by atoms with Gasteiger partial charge in [-0.3, -0.25) is 4.79 Å². The standard InChI is InChI=1S/C18H24O3/c1-2-3-13-4-6-14(7-5-13)18(19)15-8-9-16-17(12-15)21-11-10-20-16/h8-9,12-14H,2-7,10-11H2,1H3. The number of hydrogen-bond acceptors (Lipinski definition) is 3. The maximum Gasteiger partial charge on any atom is 0.166 e. The van der Waals surface area contributed by atoms with E-state index in [1.54, 1.807) is 0 Å². The minimum Gasteiger partial charge on any atom is -0.486 e. The predicted octanol–water partition coefficient (Wildman–Crippen LogP) is 4.25. The Bertz CT molecular complexity index is 501. The fourth-order valence-corrected chi connectivity index (χ4v) is 3.55. The Kier molecular flexibility index (Phi) is 4.47. The van der Waals surface area contributed by atoms with Crippen molar-refractivity contribution in [2.75, 3.05) is 13.2 Å². The number of benzene rings is 1. The van der Waals surface area contributed by atoms with Gasteiger partial charge in [0.25, 0.3) is 0 Å². The van der Waals surface area contributed by atoms with Gasteiger partial charge in [-0.2, -0.15) is 0 Å². The van der Waals surface area contributed by atoms with Crippen molar-refractivity contribution in [1.29, 1.82) is 0 Å².